The van der Waals surface area contributed by atoms with Gasteiger partial charge in [-0.3, -0.25) is 9.59 Å². The predicted octanol–water partition coefficient (Wildman–Crippen LogP) is -0.728. The Morgan fingerprint density at radius 2 is 1.73 bits per heavy atom. The third kappa shape index (κ3) is 5.33. The van der Waals surface area contributed by atoms with E-state index in [0.717, 1.165) is 14.2 Å². The Hall–Kier alpha value is -1.15. The van der Waals surface area contributed by atoms with Gasteiger partial charge in [-0.25, -0.2) is 8.42 Å². The summed E-state index contributed by atoms with van der Waals surface area (Å²) in [4.78, 5) is 21.5. The summed E-state index contributed by atoms with van der Waals surface area (Å²) < 4.78 is 39.7. The Labute approximate surface area is 88.1 Å². The van der Waals surface area contributed by atoms with Crippen molar-refractivity contribution in [3.8, 4) is 0 Å². The van der Waals surface area contributed by atoms with Gasteiger partial charge in [-0.05, 0) is 0 Å². The number of methoxy groups -OCH3 is 2. The van der Waals surface area contributed by atoms with Crippen LogP contribution in [0.25, 0.3) is 0 Å². The van der Waals surface area contributed by atoms with Crippen LogP contribution in [0.1, 0.15) is 13.8 Å². The summed E-state index contributed by atoms with van der Waals surface area (Å²) in [6, 6.07) is 0. The van der Waals surface area contributed by atoms with Gasteiger partial charge in [0.2, 0.25) is 0 Å². The molecule has 0 rings (SSSR count). The second-order valence-electron chi connectivity index (χ2n) is 2.28. The van der Waals surface area contributed by atoms with Gasteiger partial charge in [0.25, 0.3) is 0 Å². The van der Waals surface area contributed by atoms with E-state index in [4.69, 9.17) is 0 Å². The first kappa shape index (κ1) is 16.3. The molecule has 0 aliphatic heterocycles. The zero-order chi connectivity index (χ0) is 11.4. The first-order valence-corrected chi connectivity index (χ1v) is 4.89. The van der Waals surface area contributed by atoms with E-state index in [0.29, 0.717) is 0 Å². The van der Waals surface area contributed by atoms with Crippen LogP contribution in [-0.2, 0) is 29.2 Å². The number of hydrogen-bond donors (Lipinski definition) is 0. The predicted molar refractivity (Wildman–Crippen MR) is 48.9 cm³/mol. The lowest BCUT2D eigenvalue weighted by molar-refractivity contribution is -0.146. The quantitative estimate of drug-likeness (QED) is 0.471. The van der Waals surface area contributed by atoms with E-state index in [-0.39, 0.29) is 7.43 Å². The average Bonchev–Trinajstić information content (AvgIpc) is 2.10. The van der Waals surface area contributed by atoms with Crippen molar-refractivity contribution in [1.29, 1.82) is 0 Å². The number of carbonyl (C=O) groups excluding carboxylic acids is 2. The Morgan fingerprint density at radius 1 is 1.27 bits per heavy atom. The number of hydrogen-bond acceptors (Lipinski definition) is 7. The van der Waals surface area contributed by atoms with Crippen molar-refractivity contribution >= 4 is 22.1 Å². The van der Waals surface area contributed by atoms with Crippen molar-refractivity contribution in [2.45, 2.75) is 19.1 Å². The third-order valence-electron chi connectivity index (χ3n) is 1.39. The van der Waals surface area contributed by atoms with Crippen LogP contribution in [0.4, 0.5) is 0 Å². The highest BCUT2D eigenvalue weighted by Gasteiger charge is 2.29. The average molecular weight is 241 g/mol. The molecule has 0 radical (unpaired) electrons. The molecule has 1 atom stereocenters. The summed E-state index contributed by atoms with van der Waals surface area (Å²) >= 11 is 0. The molecule has 90 valence electrons. The third-order valence-corrected chi connectivity index (χ3v) is 2.45. The molecule has 0 saturated carbocycles. The summed E-state index contributed by atoms with van der Waals surface area (Å²) in [5.41, 5.74) is 0. The molecule has 0 spiro atoms. The molecule has 0 aromatic rings. The molecule has 8 heteroatoms. The van der Waals surface area contributed by atoms with Crippen LogP contribution in [0, 0.1) is 0 Å². The van der Waals surface area contributed by atoms with E-state index < -0.39 is 33.7 Å². The Morgan fingerprint density at radius 3 is 2.00 bits per heavy atom. The maximum absolute atomic E-state index is 10.8. The molecule has 0 aliphatic carbocycles. The minimum Gasteiger partial charge on any atom is -0.747 e. The molecule has 0 heterocycles. The van der Waals surface area contributed by atoms with Crippen LogP contribution in [0.5, 0.6) is 0 Å². The Balaban J connectivity index is 0. The van der Waals surface area contributed by atoms with Crippen LogP contribution in [0.2, 0.25) is 0 Å². The topological polar surface area (TPSA) is 110 Å². The van der Waals surface area contributed by atoms with Crippen molar-refractivity contribution in [3.63, 3.8) is 0 Å². The molecule has 1 unspecified atom stereocenters. The van der Waals surface area contributed by atoms with E-state index >= 15 is 0 Å². The van der Waals surface area contributed by atoms with Gasteiger partial charge in [0.05, 0.1) is 20.6 Å². The second-order valence-corrected chi connectivity index (χ2v) is 3.84. The normalized spacial score (nSPS) is 12.2. The highest BCUT2D eigenvalue weighted by Crippen LogP contribution is 2.07. The Kier molecular flexibility index (Phi) is 6.90. The zero-order valence-corrected chi connectivity index (χ0v) is 8.37. The standard InChI is InChI=1S/C6H10O7S.CH4/c1-12-5(7)3-4(6(8)13-2)14(9,10)11;/h4H,3H2,1-2H3,(H,9,10,11);1H4/p-1. The van der Waals surface area contributed by atoms with Gasteiger partial charge in [-0.15, -0.1) is 0 Å². The second kappa shape index (κ2) is 6.36. The van der Waals surface area contributed by atoms with Crippen LogP contribution in [0.3, 0.4) is 0 Å². The molecule has 0 fully saturated rings. The maximum Gasteiger partial charge on any atom is 0.323 e. The lowest BCUT2D eigenvalue weighted by Crippen LogP contribution is -2.33. The monoisotopic (exact) mass is 241 g/mol. The lowest BCUT2D eigenvalue weighted by Gasteiger charge is -2.16. The number of carbonyl (C=O) groups is 2. The van der Waals surface area contributed by atoms with E-state index in [1.807, 2.05) is 0 Å². The lowest BCUT2D eigenvalue weighted by atomic mass is 10.3. The molecule has 0 aliphatic rings. The fraction of sp³-hybridized carbons (Fsp3) is 0.714. The van der Waals surface area contributed by atoms with E-state index in [2.05, 4.69) is 9.47 Å². The van der Waals surface area contributed by atoms with Crippen molar-refractivity contribution in [2.24, 2.45) is 0 Å². The van der Waals surface area contributed by atoms with Gasteiger partial charge >= 0.3 is 11.9 Å². The smallest absolute Gasteiger partial charge is 0.323 e. The number of ether oxygens (including phenoxy) is 2. The van der Waals surface area contributed by atoms with Gasteiger partial charge in [0, 0.05) is 0 Å². The van der Waals surface area contributed by atoms with Gasteiger partial charge in [0.15, 0.2) is 5.25 Å². The van der Waals surface area contributed by atoms with Crippen LogP contribution in [-0.4, -0.2) is 44.4 Å². The SMILES string of the molecule is C.COC(=O)CC(C(=O)OC)S(=O)(=O)[O-]. The Bertz CT molecular complexity index is 318. The molecule has 0 amide bonds. The molecule has 7 nitrogen and oxygen atoms in total. The largest absolute Gasteiger partial charge is 0.747 e. The molecule has 0 aromatic carbocycles. The van der Waals surface area contributed by atoms with Crippen LogP contribution >= 0.6 is 0 Å². The fourth-order valence-corrected chi connectivity index (χ4v) is 1.34. The van der Waals surface area contributed by atoms with E-state index in [1.165, 1.54) is 0 Å². The minimum absolute atomic E-state index is 0. The summed E-state index contributed by atoms with van der Waals surface area (Å²) in [6.07, 6.45) is -0.838. The van der Waals surface area contributed by atoms with E-state index in [9.17, 15) is 22.6 Å². The highest BCUT2D eigenvalue weighted by atomic mass is 32.2. The molecule has 0 N–H and O–H groups in total. The van der Waals surface area contributed by atoms with E-state index in [1.54, 1.807) is 0 Å². The van der Waals surface area contributed by atoms with Crippen molar-refractivity contribution in [2.75, 3.05) is 14.2 Å². The van der Waals surface area contributed by atoms with Gasteiger partial charge < -0.3 is 14.0 Å². The van der Waals surface area contributed by atoms with Gasteiger partial charge in [-0.2, -0.15) is 0 Å². The summed E-state index contributed by atoms with van der Waals surface area (Å²) in [5, 5.41) is -2.04. The molecule has 0 saturated heterocycles. The fourth-order valence-electron chi connectivity index (χ4n) is 0.669. The molecule has 0 bridgehead atoms. The summed E-state index contributed by atoms with van der Waals surface area (Å²) in [6.45, 7) is 0. The molecular formula is C7H13O7S-. The number of esters is 2. The van der Waals surface area contributed by atoms with Crippen LogP contribution < -0.4 is 0 Å². The van der Waals surface area contributed by atoms with Gasteiger partial charge in [-0.1, -0.05) is 7.43 Å². The zero-order valence-electron chi connectivity index (χ0n) is 7.55. The molecule has 15 heavy (non-hydrogen) atoms. The summed E-state index contributed by atoms with van der Waals surface area (Å²) in [5.74, 6) is -2.25. The first-order valence-electron chi connectivity index (χ1n) is 3.42. The summed E-state index contributed by atoms with van der Waals surface area (Å²) in [7, 11) is -2.98. The minimum atomic E-state index is -4.91. The van der Waals surface area contributed by atoms with Crippen molar-refractivity contribution in [1.82, 2.24) is 0 Å². The molecule has 0 aromatic heterocycles. The van der Waals surface area contributed by atoms with Crippen molar-refractivity contribution in [3.05, 3.63) is 0 Å². The van der Waals surface area contributed by atoms with Crippen molar-refractivity contribution < 1.29 is 32.0 Å². The number of rotatable bonds is 4. The van der Waals surface area contributed by atoms with Crippen LogP contribution in [0.15, 0.2) is 0 Å². The van der Waals surface area contributed by atoms with Gasteiger partial charge in [0.1, 0.15) is 10.1 Å². The maximum atomic E-state index is 10.8. The molecular weight excluding hydrogens is 228 g/mol. The first-order chi connectivity index (χ1) is 6.32. The highest BCUT2D eigenvalue weighted by molar-refractivity contribution is 7.87.